The Kier molecular flexibility index (Phi) is 5.30. The molecule has 14 heavy (non-hydrogen) atoms. The van der Waals surface area contributed by atoms with E-state index in [1.807, 2.05) is 6.20 Å². The van der Waals surface area contributed by atoms with Crippen molar-refractivity contribution in [2.45, 2.75) is 51.5 Å². The SMILES string of the molecule is CCCCCCC(N)Cc1ncc[nH]1. The van der Waals surface area contributed by atoms with Crippen molar-refractivity contribution in [2.24, 2.45) is 5.73 Å². The molecule has 0 spiro atoms. The summed E-state index contributed by atoms with van der Waals surface area (Å²) in [6.07, 6.45) is 10.8. The van der Waals surface area contributed by atoms with Crippen LogP contribution < -0.4 is 5.73 Å². The number of imidazole rings is 1. The highest BCUT2D eigenvalue weighted by Crippen LogP contribution is 2.06. The van der Waals surface area contributed by atoms with Crippen LogP contribution in [0.1, 0.15) is 44.9 Å². The van der Waals surface area contributed by atoms with E-state index in [1.54, 1.807) is 6.20 Å². The van der Waals surface area contributed by atoms with Crippen LogP contribution in [0.15, 0.2) is 12.4 Å². The molecule has 0 aliphatic rings. The molecule has 0 radical (unpaired) electrons. The number of aromatic amines is 1. The molecule has 0 saturated carbocycles. The Morgan fingerprint density at radius 1 is 1.43 bits per heavy atom. The first-order chi connectivity index (χ1) is 6.83. The van der Waals surface area contributed by atoms with Crippen LogP contribution in [0, 0.1) is 0 Å². The summed E-state index contributed by atoms with van der Waals surface area (Å²) < 4.78 is 0. The number of nitrogens with one attached hydrogen (secondary N) is 1. The Labute approximate surface area is 86.1 Å². The first-order valence-electron chi connectivity index (χ1n) is 5.56. The summed E-state index contributed by atoms with van der Waals surface area (Å²) >= 11 is 0. The zero-order chi connectivity index (χ0) is 10.2. The first kappa shape index (κ1) is 11.2. The number of hydrogen-bond acceptors (Lipinski definition) is 2. The van der Waals surface area contributed by atoms with E-state index in [9.17, 15) is 0 Å². The number of hydrogen-bond donors (Lipinski definition) is 2. The normalized spacial score (nSPS) is 13.0. The Balaban J connectivity index is 2.07. The van der Waals surface area contributed by atoms with Crippen LogP contribution in [-0.4, -0.2) is 16.0 Å². The van der Waals surface area contributed by atoms with Crippen LogP contribution in [0.4, 0.5) is 0 Å². The molecule has 1 unspecified atom stereocenters. The van der Waals surface area contributed by atoms with Crippen LogP contribution in [0.3, 0.4) is 0 Å². The van der Waals surface area contributed by atoms with Gasteiger partial charge in [-0.15, -0.1) is 0 Å². The van der Waals surface area contributed by atoms with E-state index in [-0.39, 0.29) is 6.04 Å². The van der Waals surface area contributed by atoms with Crippen molar-refractivity contribution in [3.63, 3.8) is 0 Å². The van der Waals surface area contributed by atoms with Gasteiger partial charge in [0.2, 0.25) is 0 Å². The lowest BCUT2D eigenvalue weighted by atomic mass is 10.1. The van der Waals surface area contributed by atoms with E-state index in [0.717, 1.165) is 18.7 Å². The smallest absolute Gasteiger partial charge is 0.107 e. The molecular weight excluding hydrogens is 174 g/mol. The molecule has 0 aliphatic carbocycles. The fraction of sp³-hybridized carbons (Fsp3) is 0.727. The predicted octanol–water partition coefficient (Wildman–Crippen LogP) is 2.25. The topological polar surface area (TPSA) is 54.7 Å². The second kappa shape index (κ2) is 6.60. The molecule has 80 valence electrons. The molecular formula is C11H21N3. The third-order valence-electron chi connectivity index (χ3n) is 2.44. The van der Waals surface area contributed by atoms with Crippen LogP contribution in [0.25, 0.3) is 0 Å². The molecule has 0 fully saturated rings. The molecule has 1 rings (SSSR count). The summed E-state index contributed by atoms with van der Waals surface area (Å²) in [4.78, 5) is 7.24. The lowest BCUT2D eigenvalue weighted by molar-refractivity contribution is 0.539. The van der Waals surface area contributed by atoms with Crippen molar-refractivity contribution in [3.05, 3.63) is 18.2 Å². The molecule has 1 aromatic rings. The highest BCUT2D eigenvalue weighted by atomic mass is 14.9. The summed E-state index contributed by atoms with van der Waals surface area (Å²) in [6.45, 7) is 2.22. The summed E-state index contributed by atoms with van der Waals surface area (Å²) in [6, 6.07) is 0.262. The van der Waals surface area contributed by atoms with Crippen LogP contribution in [-0.2, 0) is 6.42 Å². The molecule has 3 nitrogen and oxygen atoms in total. The average molecular weight is 195 g/mol. The molecule has 0 bridgehead atoms. The average Bonchev–Trinajstić information content (AvgIpc) is 2.65. The van der Waals surface area contributed by atoms with Crippen molar-refractivity contribution in [1.29, 1.82) is 0 Å². The van der Waals surface area contributed by atoms with Gasteiger partial charge >= 0.3 is 0 Å². The first-order valence-corrected chi connectivity index (χ1v) is 5.56. The fourth-order valence-electron chi connectivity index (χ4n) is 1.59. The van der Waals surface area contributed by atoms with E-state index >= 15 is 0 Å². The monoisotopic (exact) mass is 195 g/mol. The minimum Gasteiger partial charge on any atom is -0.349 e. The molecule has 0 saturated heterocycles. The third-order valence-corrected chi connectivity index (χ3v) is 2.44. The molecule has 1 heterocycles. The van der Waals surface area contributed by atoms with E-state index in [4.69, 9.17) is 5.73 Å². The van der Waals surface area contributed by atoms with Crippen molar-refractivity contribution >= 4 is 0 Å². The maximum Gasteiger partial charge on any atom is 0.107 e. The van der Waals surface area contributed by atoms with E-state index < -0.39 is 0 Å². The number of nitrogens with two attached hydrogens (primary N) is 1. The largest absolute Gasteiger partial charge is 0.349 e. The van der Waals surface area contributed by atoms with Crippen LogP contribution >= 0.6 is 0 Å². The summed E-state index contributed by atoms with van der Waals surface area (Å²) in [5, 5.41) is 0. The number of H-pyrrole nitrogens is 1. The van der Waals surface area contributed by atoms with Gasteiger partial charge in [-0.1, -0.05) is 32.6 Å². The third kappa shape index (κ3) is 4.42. The minimum atomic E-state index is 0.262. The van der Waals surface area contributed by atoms with Crippen LogP contribution in [0.5, 0.6) is 0 Å². The number of aromatic nitrogens is 2. The molecule has 0 aliphatic heterocycles. The van der Waals surface area contributed by atoms with Gasteiger partial charge in [-0.25, -0.2) is 4.98 Å². The standard InChI is InChI=1S/C11H21N3/c1-2-3-4-5-6-10(12)9-11-13-7-8-14-11/h7-8,10H,2-6,9,12H2,1H3,(H,13,14). The van der Waals surface area contributed by atoms with Gasteiger partial charge in [0.1, 0.15) is 5.82 Å². The molecule has 1 atom stereocenters. The Morgan fingerprint density at radius 2 is 2.29 bits per heavy atom. The van der Waals surface area contributed by atoms with Gasteiger partial charge in [0, 0.05) is 24.9 Å². The quantitative estimate of drug-likeness (QED) is 0.656. The minimum absolute atomic E-state index is 0.262. The zero-order valence-corrected chi connectivity index (χ0v) is 9.00. The molecule has 1 aromatic heterocycles. The summed E-state index contributed by atoms with van der Waals surface area (Å²) in [7, 11) is 0. The number of unbranched alkanes of at least 4 members (excludes halogenated alkanes) is 3. The predicted molar refractivity (Wildman–Crippen MR) is 59.0 cm³/mol. The maximum absolute atomic E-state index is 5.99. The van der Waals surface area contributed by atoms with Gasteiger partial charge in [-0.2, -0.15) is 0 Å². The van der Waals surface area contributed by atoms with Gasteiger partial charge in [-0.3, -0.25) is 0 Å². The second-order valence-electron chi connectivity index (χ2n) is 3.85. The Bertz CT molecular complexity index is 218. The highest BCUT2D eigenvalue weighted by Gasteiger charge is 2.04. The molecule has 3 heteroatoms. The summed E-state index contributed by atoms with van der Waals surface area (Å²) in [5.74, 6) is 1.01. The number of rotatable bonds is 7. The van der Waals surface area contributed by atoms with Crippen LogP contribution in [0.2, 0.25) is 0 Å². The van der Waals surface area contributed by atoms with Gasteiger partial charge in [0.05, 0.1) is 0 Å². The highest BCUT2D eigenvalue weighted by molar-refractivity contribution is 4.90. The molecule has 3 N–H and O–H groups in total. The summed E-state index contributed by atoms with van der Waals surface area (Å²) in [5.41, 5.74) is 5.99. The fourth-order valence-corrected chi connectivity index (χ4v) is 1.59. The van der Waals surface area contributed by atoms with Crippen molar-refractivity contribution in [3.8, 4) is 0 Å². The van der Waals surface area contributed by atoms with Crippen molar-refractivity contribution < 1.29 is 0 Å². The lowest BCUT2D eigenvalue weighted by Crippen LogP contribution is -2.23. The van der Waals surface area contributed by atoms with Gasteiger partial charge in [-0.05, 0) is 6.42 Å². The van der Waals surface area contributed by atoms with E-state index in [2.05, 4.69) is 16.9 Å². The van der Waals surface area contributed by atoms with Gasteiger partial charge in [0.15, 0.2) is 0 Å². The van der Waals surface area contributed by atoms with E-state index in [0.29, 0.717) is 0 Å². The Morgan fingerprint density at radius 3 is 2.93 bits per heavy atom. The van der Waals surface area contributed by atoms with Crippen molar-refractivity contribution in [1.82, 2.24) is 9.97 Å². The maximum atomic E-state index is 5.99. The molecule has 0 aromatic carbocycles. The number of nitrogens with zero attached hydrogens (tertiary/aromatic N) is 1. The lowest BCUT2D eigenvalue weighted by Gasteiger charge is -2.08. The van der Waals surface area contributed by atoms with Gasteiger partial charge < -0.3 is 10.7 Å². The van der Waals surface area contributed by atoms with Crippen molar-refractivity contribution in [2.75, 3.05) is 0 Å². The Hall–Kier alpha value is -0.830. The molecule has 0 amide bonds. The second-order valence-corrected chi connectivity index (χ2v) is 3.85. The van der Waals surface area contributed by atoms with E-state index in [1.165, 1.54) is 25.7 Å². The zero-order valence-electron chi connectivity index (χ0n) is 9.00. The van der Waals surface area contributed by atoms with Gasteiger partial charge in [0.25, 0.3) is 0 Å².